The molecule has 0 saturated carbocycles. The fourth-order valence-electron chi connectivity index (χ4n) is 2.15. The van der Waals surface area contributed by atoms with Gasteiger partial charge in [0, 0.05) is 29.4 Å². The Morgan fingerprint density at radius 1 is 1.09 bits per heavy atom. The summed E-state index contributed by atoms with van der Waals surface area (Å²) in [5.41, 5.74) is 5.19. The first-order chi connectivity index (χ1) is 10.5. The van der Waals surface area contributed by atoms with Crippen LogP contribution in [0.15, 0.2) is 36.4 Å². The molecular formula is C18H21ClN2O. The normalized spacial score (nSPS) is 10.4. The second-order valence-electron chi connectivity index (χ2n) is 5.44. The van der Waals surface area contributed by atoms with Gasteiger partial charge in [0.25, 0.3) is 0 Å². The Labute approximate surface area is 136 Å². The van der Waals surface area contributed by atoms with Crippen molar-refractivity contribution in [3.05, 3.63) is 58.1 Å². The average Bonchev–Trinajstić information content (AvgIpc) is 2.47. The van der Waals surface area contributed by atoms with E-state index >= 15 is 0 Å². The average molecular weight is 317 g/mol. The molecule has 0 atom stereocenters. The number of anilines is 2. The van der Waals surface area contributed by atoms with Gasteiger partial charge in [-0.3, -0.25) is 4.79 Å². The van der Waals surface area contributed by atoms with Gasteiger partial charge in [-0.05, 0) is 61.7 Å². The van der Waals surface area contributed by atoms with Crippen LogP contribution in [0.2, 0.25) is 5.02 Å². The predicted molar refractivity (Wildman–Crippen MR) is 93.8 cm³/mol. The molecule has 1 amide bonds. The molecule has 2 aromatic carbocycles. The molecule has 4 heteroatoms. The molecule has 0 aliphatic carbocycles. The van der Waals surface area contributed by atoms with Crippen LogP contribution >= 0.6 is 11.6 Å². The van der Waals surface area contributed by atoms with Crippen molar-refractivity contribution < 1.29 is 4.79 Å². The SMILES string of the molecule is Cc1ccc(NC(=O)CCNc2cccc(Cl)c2C)cc1C. The Bertz CT molecular complexity index is 683. The molecule has 2 aromatic rings. The van der Waals surface area contributed by atoms with Gasteiger partial charge < -0.3 is 10.6 Å². The lowest BCUT2D eigenvalue weighted by atomic mass is 10.1. The van der Waals surface area contributed by atoms with Crippen LogP contribution in [-0.2, 0) is 4.79 Å². The van der Waals surface area contributed by atoms with Crippen LogP contribution in [-0.4, -0.2) is 12.5 Å². The van der Waals surface area contributed by atoms with Crippen molar-refractivity contribution in [1.29, 1.82) is 0 Å². The van der Waals surface area contributed by atoms with Gasteiger partial charge in [-0.1, -0.05) is 23.7 Å². The molecule has 0 bridgehead atoms. The second-order valence-corrected chi connectivity index (χ2v) is 5.84. The lowest BCUT2D eigenvalue weighted by Crippen LogP contribution is -2.16. The summed E-state index contributed by atoms with van der Waals surface area (Å²) in [5, 5.41) is 6.89. The van der Waals surface area contributed by atoms with Gasteiger partial charge >= 0.3 is 0 Å². The van der Waals surface area contributed by atoms with Gasteiger partial charge in [-0.2, -0.15) is 0 Å². The molecule has 0 heterocycles. The van der Waals surface area contributed by atoms with Crippen LogP contribution < -0.4 is 10.6 Å². The zero-order valence-corrected chi connectivity index (χ0v) is 13.9. The lowest BCUT2D eigenvalue weighted by molar-refractivity contribution is -0.115. The minimum Gasteiger partial charge on any atom is -0.384 e. The highest BCUT2D eigenvalue weighted by molar-refractivity contribution is 6.31. The number of carbonyl (C=O) groups is 1. The molecule has 0 saturated heterocycles. The molecule has 0 radical (unpaired) electrons. The Hall–Kier alpha value is -2.00. The van der Waals surface area contributed by atoms with E-state index in [-0.39, 0.29) is 5.91 Å². The van der Waals surface area contributed by atoms with Crippen LogP contribution in [0.5, 0.6) is 0 Å². The maximum atomic E-state index is 12.0. The van der Waals surface area contributed by atoms with E-state index in [0.29, 0.717) is 13.0 Å². The smallest absolute Gasteiger partial charge is 0.226 e. The van der Waals surface area contributed by atoms with E-state index < -0.39 is 0 Å². The van der Waals surface area contributed by atoms with Gasteiger partial charge in [0.05, 0.1) is 0 Å². The third-order valence-corrected chi connectivity index (χ3v) is 4.14. The van der Waals surface area contributed by atoms with Gasteiger partial charge in [-0.15, -0.1) is 0 Å². The monoisotopic (exact) mass is 316 g/mol. The fraction of sp³-hybridized carbons (Fsp3) is 0.278. The molecule has 0 aromatic heterocycles. The number of halogens is 1. The van der Waals surface area contributed by atoms with E-state index in [1.54, 1.807) is 0 Å². The van der Waals surface area contributed by atoms with Crippen molar-refractivity contribution in [1.82, 2.24) is 0 Å². The van der Waals surface area contributed by atoms with Crippen LogP contribution in [0.25, 0.3) is 0 Å². The molecule has 0 unspecified atom stereocenters. The second kappa shape index (κ2) is 7.32. The molecule has 22 heavy (non-hydrogen) atoms. The summed E-state index contributed by atoms with van der Waals surface area (Å²) in [5.74, 6) is -0.00423. The van der Waals surface area contributed by atoms with E-state index in [4.69, 9.17) is 11.6 Å². The minimum atomic E-state index is -0.00423. The van der Waals surface area contributed by atoms with Crippen LogP contribution in [0.1, 0.15) is 23.1 Å². The molecule has 2 rings (SSSR count). The lowest BCUT2D eigenvalue weighted by Gasteiger charge is -2.11. The van der Waals surface area contributed by atoms with Crippen molar-refractivity contribution in [2.24, 2.45) is 0 Å². The van der Waals surface area contributed by atoms with E-state index in [0.717, 1.165) is 22.0 Å². The van der Waals surface area contributed by atoms with Crippen LogP contribution in [0.4, 0.5) is 11.4 Å². The zero-order chi connectivity index (χ0) is 16.1. The third-order valence-electron chi connectivity index (χ3n) is 3.73. The van der Waals surface area contributed by atoms with E-state index in [2.05, 4.69) is 17.6 Å². The first-order valence-electron chi connectivity index (χ1n) is 7.33. The molecule has 0 fully saturated rings. The highest BCUT2D eigenvalue weighted by Gasteiger charge is 2.05. The summed E-state index contributed by atoms with van der Waals surface area (Å²) in [7, 11) is 0. The first-order valence-corrected chi connectivity index (χ1v) is 7.71. The summed E-state index contributed by atoms with van der Waals surface area (Å²) in [4.78, 5) is 12.0. The van der Waals surface area contributed by atoms with Crippen molar-refractivity contribution in [3.8, 4) is 0 Å². The number of amides is 1. The summed E-state index contributed by atoms with van der Waals surface area (Å²) in [6.07, 6.45) is 0.402. The summed E-state index contributed by atoms with van der Waals surface area (Å²) in [6.45, 7) is 6.62. The largest absolute Gasteiger partial charge is 0.384 e. The first kappa shape index (κ1) is 16.4. The Kier molecular flexibility index (Phi) is 5.45. The van der Waals surface area contributed by atoms with Crippen LogP contribution in [0, 0.1) is 20.8 Å². The summed E-state index contributed by atoms with van der Waals surface area (Å²) >= 11 is 6.07. The summed E-state index contributed by atoms with van der Waals surface area (Å²) in [6, 6.07) is 11.6. The number of hydrogen-bond acceptors (Lipinski definition) is 2. The van der Waals surface area contributed by atoms with Crippen molar-refractivity contribution in [2.45, 2.75) is 27.2 Å². The Morgan fingerprint density at radius 2 is 1.86 bits per heavy atom. The topological polar surface area (TPSA) is 41.1 Å². The predicted octanol–water partition coefficient (Wildman–Crippen LogP) is 4.71. The van der Waals surface area contributed by atoms with Crippen LogP contribution in [0.3, 0.4) is 0 Å². The molecule has 0 aliphatic rings. The maximum Gasteiger partial charge on any atom is 0.226 e. The molecule has 0 aliphatic heterocycles. The molecule has 116 valence electrons. The number of nitrogens with one attached hydrogen (secondary N) is 2. The Morgan fingerprint density at radius 3 is 2.59 bits per heavy atom. The van der Waals surface area contributed by atoms with Crippen molar-refractivity contribution in [2.75, 3.05) is 17.2 Å². The van der Waals surface area contributed by atoms with Gasteiger partial charge in [0.2, 0.25) is 5.91 Å². The quantitative estimate of drug-likeness (QED) is 0.839. The number of hydrogen-bond donors (Lipinski definition) is 2. The Balaban J connectivity index is 1.85. The van der Waals surface area contributed by atoms with E-state index in [1.165, 1.54) is 11.1 Å². The van der Waals surface area contributed by atoms with Gasteiger partial charge in [0.1, 0.15) is 0 Å². The van der Waals surface area contributed by atoms with Gasteiger partial charge in [-0.25, -0.2) is 0 Å². The molecular weight excluding hydrogens is 296 g/mol. The third kappa shape index (κ3) is 4.25. The number of benzene rings is 2. The van der Waals surface area contributed by atoms with E-state index in [1.807, 2.05) is 50.2 Å². The fourth-order valence-corrected chi connectivity index (χ4v) is 2.33. The maximum absolute atomic E-state index is 12.0. The zero-order valence-electron chi connectivity index (χ0n) is 13.2. The number of carbonyl (C=O) groups excluding carboxylic acids is 1. The standard InChI is InChI=1S/C18H21ClN2O/c1-12-7-8-15(11-13(12)2)21-18(22)9-10-20-17-6-4-5-16(19)14(17)3/h4-8,11,20H,9-10H2,1-3H3,(H,21,22). The van der Waals surface area contributed by atoms with Crippen molar-refractivity contribution >= 4 is 28.9 Å². The molecule has 0 spiro atoms. The van der Waals surface area contributed by atoms with E-state index in [9.17, 15) is 4.79 Å². The van der Waals surface area contributed by atoms with Crippen molar-refractivity contribution in [3.63, 3.8) is 0 Å². The number of rotatable bonds is 5. The summed E-state index contributed by atoms with van der Waals surface area (Å²) < 4.78 is 0. The van der Waals surface area contributed by atoms with Gasteiger partial charge in [0.15, 0.2) is 0 Å². The molecule has 2 N–H and O–H groups in total. The minimum absolute atomic E-state index is 0.00423. The highest BCUT2D eigenvalue weighted by Crippen LogP contribution is 2.22. The highest BCUT2D eigenvalue weighted by atomic mass is 35.5. The number of aryl methyl sites for hydroxylation is 2. The molecule has 3 nitrogen and oxygen atoms in total.